The van der Waals surface area contributed by atoms with Crippen molar-refractivity contribution in [1.29, 1.82) is 0 Å². The summed E-state index contributed by atoms with van der Waals surface area (Å²) in [5, 5.41) is 0. The summed E-state index contributed by atoms with van der Waals surface area (Å²) in [7, 11) is 3.20. The van der Waals surface area contributed by atoms with Crippen LogP contribution in [0.1, 0.15) is 25.7 Å². The number of nitrogens with two attached hydrogens (primary N) is 1. The molecule has 80 valence electrons. The van der Waals surface area contributed by atoms with E-state index in [0.717, 1.165) is 11.3 Å². The Hall–Kier alpha value is -1.06. The summed E-state index contributed by atoms with van der Waals surface area (Å²) in [5.74, 6) is 0. The zero-order chi connectivity index (χ0) is 11.0. The number of hydrogen-bond donors (Lipinski definition) is 1. The molecule has 0 aliphatic rings. The van der Waals surface area contributed by atoms with Crippen LogP contribution in [0.2, 0.25) is 0 Å². The van der Waals surface area contributed by atoms with Crippen molar-refractivity contribution in [3.05, 3.63) is 29.8 Å². The molecular formula is C11H19NO2. The van der Waals surface area contributed by atoms with E-state index in [2.05, 4.69) is 0 Å². The summed E-state index contributed by atoms with van der Waals surface area (Å²) >= 11 is 0. The lowest BCUT2D eigenvalue weighted by molar-refractivity contribution is -0.106. The Bertz CT molecular complexity index is 230. The van der Waals surface area contributed by atoms with Crippen LogP contribution in [0, 0.1) is 0 Å². The van der Waals surface area contributed by atoms with Crippen molar-refractivity contribution in [2.45, 2.75) is 20.1 Å². The second-order valence-electron chi connectivity index (χ2n) is 2.47. The number of ether oxygens (including phenoxy) is 2. The topological polar surface area (TPSA) is 44.5 Å². The van der Waals surface area contributed by atoms with E-state index in [1.807, 2.05) is 38.1 Å². The van der Waals surface area contributed by atoms with Crippen LogP contribution in [-0.4, -0.2) is 14.2 Å². The maximum Gasteiger partial charge on any atom is 0.183 e. The van der Waals surface area contributed by atoms with Gasteiger partial charge in [-0.2, -0.15) is 0 Å². The van der Waals surface area contributed by atoms with Crippen molar-refractivity contribution in [2.24, 2.45) is 0 Å². The fourth-order valence-corrected chi connectivity index (χ4v) is 1.02. The van der Waals surface area contributed by atoms with Crippen molar-refractivity contribution in [1.82, 2.24) is 0 Å². The molecule has 14 heavy (non-hydrogen) atoms. The first-order valence-electron chi connectivity index (χ1n) is 4.69. The highest BCUT2D eigenvalue weighted by molar-refractivity contribution is 5.39. The van der Waals surface area contributed by atoms with Crippen LogP contribution in [0.25, 0.3) is 0 Å². The molecule has 0 saturated carbocycles. The first-order valence-corrected chi connectivity index (χ1v) is 4.69. The van der Waals surface area contributed by atoms with E-state index in [0.29, 0.717) is 0 Å². The largest absolute Gasteiger partial charge is 0.399 e. The molecule has 0 amide bonds. The molecule has 0 atom stereocenters. The number of benzene rings is 1. The van der Waals surface area contributed by atoms with Crippen LogP contribution in [0.4, 0.5) is 5.69 Å². The maximum absolute atomic E-state index is 5.53. The van der Waals surface area contributed by atoms with Crippen molar-refractivity contribution >= 4 is 5.69 Å². The second kappa shape index (κ2) is 7.35. The lowest BCUT2D eigenvalue weighted by atomic mass is 10.2. The molecule has 0 aliphatic carbocycles. The average molecular weight is 197 g/mol. The predicted octanol–water partition coefficient (Wildman–Crippen LogP) is 2.59. The molecule has 1 aromatic rings. The van der Waals surface area contributed by atoms with E-state index in [-0.39, 0.29) is 6.29 Å². The molecule has 1 rings (SSSR count). The molecular weight excluding hydrogens is 178 g/mol. The number of methoxy groups -OCH3 is 2. The van der Waals surface area contributed by atoms with Gasteiger partial charge in [-0.25, -0.2) is 0 Å². The minimum atomic E-state index is -0.300. The Morgan fingerprint density at radius 3 is 1.79 bits per heavy atom. The molecule has 0 bridgehead atoms. The van der Waals surface area contributed by atoms with E-state index < -0.39 is 0 Å². The van der Waals surface area contributed by atoms with Gasteiger partial charge in [-0.15, -0.1) is 0 Å². The minimum Gasteiger partial charge on any atom is -0.399 e. The Morgan fingerprint density at radius 1 is 1.00 bits per heavy atom. The van der Waals surface area contributed by atoms with E-state index in [1.165, 1.54) is 0 Å². The standard InChI is InChI=1S/C9H13NO2.C2H6/c1-11-9(12-2)7-3-5-8(10)6-4-7;1-2/h3-6,9H,10H2,1-2H3;1-2H3. The molecule has 3 heteroatoms. The van der Waals surface area contributed by atoms with E-state index in [4.69, 9.17) is 15.2 Å². The molecule has 1 aromatic carbocycles. The molecule has 0 heterocycles. The Labute approximate surface area is 85.8 Å². The fraction of sp³-hybridized carbons (Fsp3) is 0.455. The van der Waals surface area contributed by atoms with Crippen LogP contribution in [0.3, 0.4) is 0 Å². The van der Waals surface area contributed by atoms with Crippen LogP contribution in [-0.2, 0) is 9.47 Å². The number of hydrogen-bond acceptors (Lipinski definition) is 3. The van der Waals surface area contributed by atoms with Gasteiger partial charge in [0.2, 0.25) is 0 Å². The zero-order valence-electron chi connectivity index (χ0n) is 9.28. The maximum atomic E-state index is 5.53. The SMILES string of the molecule is CC.COC(OC)c1ccc(N)cc1. The van der Waals surface area contributed by atoms with Gasteiger partial charge < -0.3 is 15.2 Å². The first kappa shape index (κ1) is 12.9. The normalized spacial score (nSPS) is 9.50. The van der Waals surface area contributed by atoms with Gasteiger partial charge in [0, 0.05) is 25.5 Å². The molecule has 0 unspecified atom stereocenters. The van der Waals surface area contributed by atoms with Crippen LogP contribution in [0.5, 0.6) is 0 Å². The monoisotopic (exact) mass is 197 g/mol. The Kier molecular flexibility index (Phi) is 6.80. The van der Waals surface area contributed by atoms with E-state index >= 15 is 0 Å². The Balaban J connectivity index is 0.000000791. The van der Waals surface area contributed by atoms with Gasteiger partial charge in [-0.1, -0.05) is 26.0 Å². The van der Waals surface area contributed by atoms with Crippen LogP contribution >= 0.6 is 0 Å². The third kappa shape index (κ3) is 3.77. The highest BCUT2D eigenvalue weighted by atomic mass is 16.7. The van der Waals surface area contributed by atoms with Gasteiger partial charge in [0.05, 0.1) is 0 Å². The van der Waals surface area contributed by atoms with Crippen molar-refractivity contribution < 1.29 is 9.47 Å². The van der Waals surface area contributed by atoms with Crippen molar-refractivity contribution in [3.63, 3.8) is 0 Å². The van der Waals surface area contributed by atoms with Gasteiger partial charge in [0.25, 0.3) is 0 Å². The molecule has 3 nitrogen and oxygen atoms in total. The average Bonchev–Trinajstić information content (AvgIpc) is 2.25. The molecule has 0 spiro atoms. The summed E-state index contributed by atoms with van der Waals surface area (Å²) in [6, 6.07) is 7.40. The number of nitrogen functional groups attached to an aromatic ring is 1. The van der Waals surface area contributed by atoms with Gasteiger partial charge in [0.1, 0.15) is 0 Å². The van der Waals surface area contributed by atoms with Gasteiger partial charge >= 0.3 is 0 Å². The molecule has 0 aliphatic heterocycles. The van der Waals surface area contributed by atoms with Gasteiger partial charge in [-0.05, 0) is 12.1 Å². The summed E-state index contributed by atoms with van der Waals surface area (Å²) in [6.07, 6.45) is -0.300. The van der Waals surface area contributed by atoms with E-state index in [1.54, 1.807) is 14.2 Å². The minimum absolute atomic E-state index is 0.300. The predicted molar refractivity (Wildman–Crippen MR) is 59.0 cm³/mol. The quantitative estimate of drug-likeness (QED) is 0.598. The third-order valence-electron chi connectivity index (χ3n) is 1.64. The number of rotatable bonds is 3. The van der Waals surface area contributed by atoms with Crippen LogP contribution < -0.4 is 5.73 Å². The first-order chi connectivity index (χ1) is 6.77. The van der Waals surface area contributed by atoms with Crippen molar-refractivity contribution in [3.8, 4) is 0 Å². The lowest BCUT2D eigenvalue weighted by Crippen LogP contribution is -2.03. The number of anilines is 1. The van der Waals surface area contributed by atoms with Gasteiger partial charge in [-0.3, -0.25) is 0 Å². The van der Waals surface area contributed by atoms with Crippen molar-refractivity contribution in [2.75, 3.05) is 20.0 Å². The highest BCUT2D eigenvalue weighted by Gasteiger charge is 2.06. The lowest BCUT2D eigenvalue weighted by Gasteiger charge is -2.13. The molecule has 0 fully saturated rings. The van der Waals surface area contributed by atoms with Gasteiger partial charge in [0.15, 0.2) is 6.29 Å². The Morgan fingerprint density at radius 2 is 1.43 bits per heavy atom. The summed E-state index contributed by atoms with van der Waals surface area (Å²) in [6.45, 7) is 4.00. The second-order valence-corrected chi connectivity index (χ2v) is 2.47. The third-order valence-corrected chi connectivity index (χ3v) is 1.64. The molecule has 0 radical (unpaired) electrons. The van der Waals surface area contributed by atoms with E-state index in [9.17, 15) is 0 Å². The fourth-order valence-electron chi connectivity index (χ4n) is 1.02. The summed E-state index contributed by atoms with van der Waals surface area (Å²) in [4.78, 5) is 0. The smallest absolute Gasteiger partial charge is 0.183 e. The highest BCUT2D eigenvalue weighted by Crippen LogP contribution is 2.17. The molecule has 0 aromatic heterocycles. The molecule has 0 saturated heterocycles. The van der Waals surface area contributed by atoms with Crippen LogP contribution in [0.15, 0.2) is 24.3 Å². The zero-order valence-corrected chi connectivity index (χ0v) is 9.28. The summed E-state index contributed by atoms with van der Waals surface area (Å²) in [5.41, 5.74) is 7.24. The molecule has 2 N–H and O–H groups in total. The summed E-state index contributed by atoms with van der Waals surface area (Å²) < 4.78 is 10.1.